The topological polar surface area (TPSA) is 363 Å². The number of halogens is 12. The molecule has 0 spiro atoms. The van der Waals surface area contributed by atoms with E-state index < -0.39 is 111 Å². The molecule has 4 aliphatic heterocycles. The van der Waals surface area contributed by atoms with Crippen LogP contribution in [0.3, 0.4) is 0 Å². The minimum absolute atomic E-state index is 0. The average molecular weight is 1700 g/mol. The number of aliphatic hydroxyl groups is 1. The monoisotopic (exact) mass is 1690 g/mol. The SMILES string of the molecule is CC(C)(C(=O)[O-])N1C(=O)c2ccccc2C1=O.CC(C)(C)[C@@H](C(=O)[O-])N1C(=O)c2c(Cl)c(Cl)c(Cl)c(Cl)c2C1=O.CC(C)(C)[C@@H](C(=O)[O-])N1C(=O)c2c(Cl)c(Cl)c(Cl)c(Cl)c2C1=O.CC(C)(C)[C@@H](C(=O)[O-])N1C(=O)c2c(Cl)c(Cl)c(Cl)c(Cl)c2C1=O.CCO.[OH3+].[Rh+2].[Rh+2]. The number of imide groups is 4. The molecule has 0 fully saturated rings. The van der Waals surface area contributed by atoms with Gasteiger partial charge in [-0.15, -0.1) is 0 Å². The van der Waals surface area contributed by atoms with Crippen molar-refractivity contribution in [1.82, 2.24) is 19.6 Å². The Kier molecular flexibility index (Phi) is 29.8. The van der Waals surface area contributed by atoms with Gasteiger partial charge in [0.15, 0.2) is 0 Å². The fourth-order valence-corrected chi connectivity index (χ4v) is 12.2. The third-order valence-electron chi connectivity index (χ3n) is 13.2. The minimum atomic E-state index is -1.66. The maximum Gasteiger partial charge on any atom is 2.00 e. The molecule has 0 saturated heterocycles. The van der Waals surface area contributed by atoms with Crippen LogP contribution in [0.25, 0.3) is 0 Å². The summed E-state index contributed by atoms with van der Waals surface area (Å²) in [6, 6.07) is 1.71. The van der Waals surface area contributed by atoms with Crippen molar-refractivity contribution < 1.29 is 127 Å². The summed E-state index contributed by atoms with van der Waals surface area (Å²) < 4.78 is 0. The maximum atomic E-state index is 12.6. The predicted octanol–water partition coefficient (Wildman–Crippen LogP) is 8.07. The zero-order valence-corrected chi connectivity index (χ0v) is 61.6. The number of nitrogens with zero attached hydrogens (tertiary/aromatic N) is 4. The van der Waals surface area contributed by atoms with Crippen LogP contribution in [-0.4, -0.2) is 126 Å². The number of carboxylic acids is 4. The van der Waals surface area contributed by atoms with Crippen LogP contribution >= 0.6 is 139 Å². The molecule has 3 atom stereocenters. The van der Waals surface area contributed by atoms with Gasteiger partial charge in [-0.25, -0.2) is 0 Å². The number of aliphatic carboxylic acids is 4. The number of carbonyl (C=O) groups is 12. The Hall–Kier alpha value is -4.03. The van der Waals surface area contributed by atoms with Crippen LogP contribution in [0.1, 0.15) is 166 Å². The van der Waals surface area contributed by atoms with E-state index in [1.165, 1.54) is 26.0 Å². The van der Waals surface area contributed by atoms with Crippen LogP contribution in [0, 0.1) is 16.2 Å². The summed E-state index contributed by atoms with van der Waals surface area (Å²) in [5, 5.41) is 50.5. The second kappa shape index (κ2) is 31.9. The Bertz CT molecular complexity index is 3320. The standard InChI is InChI=1S/3C14H11Cl4NO4.C12H11NO4.C2H6O.H2O.2Rh/c3*1-14(2,3)10(13(22)23)19-11(20)4-5(12(19)21)7(16)9(18)8(17)6(4)15;1-12(2,11(16)17)13-9(14)7-5-3-4-6-8(7)10(13)15;1-2-3;;;/h3*10H,1-3H3,(H,22,23);3-6H,1-2H3,(H,16,17);3H,2H2,1H3;1H2;;/q;;;;;;2*+2/p-3/t3*10-;;;;;/m111...../s1. The number of rotatable bonds is 8. The van der Waals surface area contributed by atoms with E-state index in [1.807, 2.05) is 0 Å². The van der Waals surface area contributed by atoms with E-state index in [4.69, 9.17) is 144 Å². The molecular weight excluding hydrogens is 1650 g/mol. The van der Waals surface area contributed by atoms with Crippen LogP contribution in [0.15, 0.2) is 24.3 Å². The van der Waals surface area contributed by atoms with E-state index in [2.05, 4.69) is 0 Å². The van der Waals surface area contributed by atoms with Gasteiger partial charge in [0.05, 0.1) is 152 Å². The molecule has 22 nitrogen and oxygen atoms in total. The van der Waals surface area contributed by atoms with Crippen molar-refractivity contribution in [2.24, 2.45) is 16.2 Å². The smallest absolute Gasteiger partial charge is 0.548 e. The van der Waals surface area contributed by atoms with Crippen molar-refractivity contribution in [2.75, 3.05) is 6.61 Å². The minimum Gasteiger partial charge on any atom is -0.548 e. The van der Waals surface area contributed by atoms with Crippen molar-refractivity contribution in [2.45, 2.75) is 107 Å². The van der Waals surface area contributed by atoms with Crippen molar-refractivity contribution in [3.63, 3.8) is 0 Å². The van der Waals surface area contributed by atoms with Gasteiger partial charge in [-0.3, -0.25) is 58.0 Å². The summed E-state index contributed by atoms with van der Waals surface area (Å²) in [4.78, 5) is 148. The normalized spacial score (nSPS) is 14.9. The van der Waals surface area contributed by atoms with E-state index in [9.17, 15) is 78.0 Å². The molecule has 4 aromatic rings. The predicted molar refractivity (Wildman–Crippen MR) is 329 cm³/mol. The summed E-state index contributed by atoms with van der Waals surface area (Å²) in [6.45, 7) is 18.5. The number of carbonyl (C=O) groups excluding carboxylic acids is 12. The quantitative estimate of drug-likeness (QED) is 0.0572. The van der Waals surface area contributed by atoms with Gasteiger partial charge in [0, 0.05) is 6.61 Å². The van der Waals surface area contributed by atoms with Gasteiger partial charge in [-0.2, -0.15) is 0 Å². The van der Waals surface area contributed by atoms with Crippen molar-refractivity contribution >= 4 is 210 Å². The van der Waals surface area contributed by atoms with E-state index in [-0.39, 0.29) is 156 Å². The summed E-state index contributed by atoms with van der Waals surface area (Å²) in [5.74, 6) is -12.8. The number of hydrogen-bond acceptors (Lipinski definition) is 17. The first kappa shape index (κ1) is 86.0. The molecule has 8 rings (SSSR count). The molecule has 4 N–H and O–H groups in total. The molecule has 0 unspecified atom stereocenters. The van der Waals surface area contributed by atoms with E-state index in [1.54, 1.807) is 81.4 Å². The molecule has 0 aromatic heterocycles. The number of carboxylic acid groups (broad SMARTS) is 4. The first-order valence-corrected chi connectivity index (χ1v) is 29.7. The van der Waals surface area contributed by atoms with Crippen molar-refractivity contribution in [3.05, 3.63) is 129 Å². The Morgan fingerprint density at radius 1 is 0.380 bits per heavy atom. The van der Waals surface area contributed by atoms with Gasteiger partial charge >= 0.3 is 39.0 Å². The third kappa shape index (κ3) is 16.0. The van der Waals surface area contributed by atoms with E-state index in [0.29, 0.717) is 14.7 Å². The largest absolute Gasteiger partial charge is 2.00 e. The fraction of sp³-hybridized carbons (Fsp3) is 0.357. The van der Waals surface area contributed by atoms with Crippen LogP contribution in [0.2, 0.25) is 60.3 Å². The van der Waals surface area contributed by atoms with Gasteiger partial charge in [-0.1, -0.05) is 214 Å². The molecule has 0 bridgehead atoms. The van der Waals surface area contributed by atoms with Gasteiger partial charge in [0.1, 0.15) is 0 Å². The van der Waals surface area contributed by atoms with Crippen molar-refractivity contribution in [1.29, 1.82) is 0 Å². The molecule has 92 heavy (non-hydrogen) atoms. The number of fused-ring (bicyclic) bond motifs is 4. The zero-order valence-electron chi connectivity index (χ0n) is 49.3. The Labute approximate surface area is 610 Å². The van der Waals surface area contributed by atoms with Crippen molar-refractivity contribution in [3.8, 4) is 0 Å². The molecule has 36 heteroatoms. The Balaban J connectivity index is 0.000000601. The van der Waals surface area contributed by atoms with Gasteiger partial charge < -0.3 is 50.2 Å². The van der Waals surface area contributed by atoms with Gasteiger partial charge in [0.2, 0.25) is 0 Å². The second-order valence-corrected chi connectivity index (χ2v) is 27.4. The first-order valence-electron chi connectivity index (χ1n) is 25.2. The number of benzene rings is 4. The summed E-state index contributed by atoms with van der Waals surface area (Å²) in [7, 11) is 0. The molecule has 4 aliphatic rings. The molecular formula is C56H49Cl12N4O18Rh2+. The summed E-state index contributed by atoms with van der Waals surface area (Å²) >= 11 is 71.4. The van der Waals surface area contributed by atoms with Gasteiger partial charge in [0.25, 0.3) is 47.3 Å². The molecule has 0 saturated carbocycles. The molecule has 8 amide bonds. The van der Waals surface area contributed by atoms with Crippen LogP contribution < -0.4 is 20.4 Å². The summed E-state index contributed by atoms with van der Waals surface area (Å²) in [5.41, 5.74) is -5.67. The second-order valence-electron chi connectivity index (χ2n) is 22.9. The maximum absolute atomic E-state index is 12.6. The van der Waals surface area contributed by atoms with Crippen LogP contribution in [0.4, 0.5) is 0 Å². The van der Waals surface area contributed by atoms with Crippen LogP contribution in [-0.2, 0) is 63.6 Å². The van der Waals surface area contributed by atoms with Crippen LogP contribution in [0.5, 0.6) is 0 Å². The molecule has 4 heterocycles. The number of amides is 8. The average Bonchev–Trinajstić information content (AvgIpc) is 1.60. The fourth-order valence-electron chi connectivity index (χ4n) is 9.13. The molecule has 0 aliphatic carbocycles. The molecule has 502 valence electrons. The van der Waals surface area contributed by atoms with E-state index in [0.717, 1.165) is 4.90 Å². The number of hydrogen-bond donors (Lipinski definition) is 1. The Morgan fingerprint density at radius 3 is 0.674 bits per heavy atom. The third-order valence-corrected chi connectivity index (χ3v) is 18.6. The molecule has 4 aromatic carbocycles. The van der Waals surface area contributed by atoms with Gasteiger partial charge in [-0.05, 0) is 49.1 Å². The summed E-state index contributed by atoms with van der Waals surface area (Å²) in [6.07, 6.45) is 0. The molecule has 2 radical (unpaired) electrons. The Morgan fingerprint density at radius 2 is 0.543 bits per heavy atom. The van der Waals surface area contributed by atoms with E-state index >= 15 is 0 Å². The zero-order chi connectivity index (χ0) is 69.1. The first-order chi connectivity index (χ1) is 40.5. The number of aliphatic hydroxyl groups excluding tert-OH is 1.